The van der Waals surface area contributed by atoms with Crippen LogP contribution in [0.3, 0.4) is 0 Å². The van der Waals surface area contributed by atoms with Crippen molar-refractivity contribution in [2.45, 2.75) is 6.92 Å². The zero-order valence-electron chi connectivity index (χ0n) is 15.2. The molecule has 27 heavy (non-hydrogen) atoms. The molecule has 4 rings (SSSR count). The van der Waals surface area contributed by atoms with Gasteiger partial charge in [-0.3, -0.25) is 0 Å². The molecule has 0 aliphatic rings. The monoisotopic (exact) mass is 367 g/mol. The van der Waals surface area contributed by atoms with Crippen LogP contribution in [0.15, 0.2) is 95.7 Å². The van der Waals surface area contributed by atoms with Crippen LogP contribution in [0.5, 0.6) is 0 Å². The molecule has 0 fully saturated rings. The summed E-state index contributed by atoms with van der Waals surface area (Å²) in [6.45, 7) is 2.16. The Morgan fingerprint density at radius 2 is 1.33 bits per heavy atom. The van der Waals surface area contributed by atoms with E-state index in [0.717, 1.165) is 11.4 Å². The molecule has 0 unspecified atom stereocenters. The molecule has 1 nitrogen and oxygen atoms in total. The van der Waals surface area contributed by atoms with Gasteiger partial charge in [-0.1, -0.05) is 60.7 Å². The molecule has 0 radical (unpaired) electrons. The predicted octanol–water partition coefficient (Wildman–Crippen LogP) is 7.70. The van der Waals surface area contributed by atoms with Gasteiger partial charge in [0.2, 0.25) is 0 Å². The summed E-state index contributed by atoms with van der Waals surface area (Å²) in [5, 5.41) is 4.25. The lowest BCUT2D eigenvalue weighted by atomic mass is 10.1. The second-order valence-electron chi connectivity index (χ2n) is 6.44. The van der Waals surface area contributed by atoms with Gasteiger partial charge in [0, 0.05) is 17.1 Å². The van der Waals surface area contributed by atoms with Gasteiger partial charge in [-0.2, -0.15) is 11.3 Å². The van der Waals surface area contributed by atoms with Crippen molar-refractivity contribution < 1.29 is 0 Å². The van der Waals surface area contributed by atoms with Gasteiger partial charge in [-0.15, -0.1) is 0 Å². The van der Waals surface area contributed by atoms with Gasteiger partial charge in [-0.25, -0.2) is 0 Å². The first kappa shape index (κ1) is 17.3. The number of nitrogens with zero attached hydrogens (tertiary/aromatic N) is 1. The Kier molecular flexibility index (Phi) is 5.17. The van der Waals surface area contributed by atoms with Crippen LogP contribution in [0.4, 0.5) is 17.1 Å². The molecule has 0 saturated carbocycles. The van der Waals surface area contributed by atoms with Crippen LogP contribution in [-0.4, -0.2) is 0 Å². The van der Waals surface area contributed by atoms with Crippen LogP contribution in [-0.2, 0) is 0 Å². The van der Waals surface area contributed by atoms with Crippen LogP contribution in [0.25, 0.3) is 12.2 Å². The topological polar surface area (TPSA) is 3.24 Å². The standard InChI is InChI=1S/C25H21NS/c1-20-7-5-6-10-25(20)26(23-8-3-2-4-9-23)24-15-13-21(14-16-24)11-12-22-17-18-27-19-22/h2-19H,1H3/b12-11+. The second kappa shape index (κ2) is 8.07. The number of thiophene rings is 1. The highest BCUT2D eigenvalue weighted by Crippen LogP contribution is 2.36. The van der Waals surface area contributed by atoms with E-state index in [2.05, 4.69) is 120 Å². The number of benzene rings is 3. The molecule has 0 aliphatic heterocycles. The highest BCUT2D eigenvalue weighted by molar-refractivity contribution is 7.08. The smallest absolute Gasteiger partial charge is 0.0490 e. The number of aryl methyl sites for hydroxylation is 1. The molecule has 3 aromatic carbocycles. The lowest BCUT2D eigenvalue weighted by Gasteiger charge is -2.27. The SMILES string of the molecule is Cc1ccccc1N(c1ccccc1)c1ccc(/C=C/c2ccsc2)cc1. The highest BCUT2D eigenvalue weighted by Gasteiger charge is 2.13. The third-order valence-electron chi connectivity index (χ3n) is 4.53. The maximum absolute atomic E-state index is 2.31. The molecular formula is C25H21NS. The number of hydrogen-bond acceptors (Lipinski definition) is 2. The normalized spacial score (nSPS) is 11.0. The maximum Gasteiger partial charge on any atom is 0.0490 e. The zero-order chi connectivity index (χ0) is 18.5. The Bertz CT molecular complexity index is 1020. The van der Waals surface area contributed by atoms with Crippen molar-refractivity contribution in [3.05, 3.63) is 112 Å². The summed E-state index contributed by atoms with van der Waals surface area (Å²) in [6, 6.07) is 29.9. The molecule has 0 spiro atoms. The van der Waals surface area contributed by atoms with Gasteiger partial charge >= 0.3 is 0 Å². The first-order valence-corrected chi connectivity index (χ1v) is 9.97. The summed E-state index contributed by atoms with van der Waals surface area (Å²) in [5.41, 5.74) is 7.21. The minimum atomic E-state index is 1.16. The van der Waals surface area contributed by atoms with Crippen molar-refractivity contribution in [1.82, 2.24) is 0 Å². The molecule has 0 bridgehead atoms. The van der Waals surface area contributed by atoms with Gasteiger partial charge in [0.25, 0.3) is 0 Å². The Morgan fingerprint density at radius 1 is 0.667 bits per heavy atom. The van der Waals surface area contributed by atoms with E-state index in [1.165, 1.54) is 22.4 Å². The molecular weight excluding hydrogens is 346 g/mol. The summed E-state index contributed by atoms with van der Waals surface area (Å²) < 4.78 is 0. The summed E-state index contributed by atoms with van der Waals surface area (Å²) in [6.07, 6.45) is 4.31. The van der Waals surface area contributed by atoms with Crippen LogP contribution in [0.1, 0.15) is 16.7 Å². The first-order valence-electron chi connectivity index (χ1n) is 9.02. The summed E-state index contributed by atoms with van der Waals surface area (Å²) in [7, 11) is 0. The number of hydrogen-bond donors (Lipinski definition) is 0. The zero-order valence-corrected chi connectivity index (χ0v) is 16.1. The molecule has 1 aromatic heterocycles. The fraction of sp³-hybridized carbons (Fsp3) is 0.0400. The second-order valence-corrected chi connectivity index (χ2v) is 7.22. The average molecular weight is 368 g/mol. The summed E-state index contributed by atoms with van der Waals surface area (Å²) in [4.78, 5) is 2.31. The third-order valence-corrected chi connectivity index (χ3v) is 5.23. The molecule has 0 aliphatic carbocycles. The van der Waals surface area contributed by atoms with E-state index >= 15 is 0 Å². The number of para-hydroxylation sites is 2. The van der Waals surface area contributed by atoms with Crippen molar-refractivity contribution in [3.63, 3.8) is 0 Å². The van der Waals surface area contributed by atoms with Crippen molar-refractivity contribution in [2.24, 2.45) is 0 Å². The van der Waals surface area contributed by atoms with Crippen molar-refractivity contribution in [1.29, 1.82) is 0 Å². The quantitative estimate of drug-likeness (QED) is 0.349. The Balaban J connectivity index is 1.69. The minimum Gasteiger partial charge on any atom is -0.310 e. The van der Waals surface area contributed by atoms with E-state index in [0.29, 0.717) is 0 Å². The van der Waals surface area contributed by atoms with Crippen LogP contribution in [0, 0.1) is 6.92 Å². The highest BCUT2D eigenvalue weighted by atomic mass is 32.1. The Hall–Kier alpha value is -3.10. The van der Waals surface area contributed by atoms with E-state index in [9.17, 15) is 0 Å². The van der Waals surface area contributed by atoms with Crippen molar-refractivity contribution >= 4 is 40.6 Å². The lowest BCUT2D eigenvalue weighted by molar-refractivity contribution is 1.25. The molecule has 2 heteroatoms. The van der Waals surface area contributed by atoms with E-state index in [-0.39, 0.29) is 0 Å². The first-order chi connectivity index (χ1) is 13.3. The fourth-order valence-electron chi connectivity index (χ4n) is 3.12. The van der Waals surface area contributed by atoms with Crippen LogP contribution >= 0.6 is 11.3 Å². The molecule has 1 heterocycles. The predicted molar refractivity (Wildman–Crippen MR) is 119 cm³/mol. The van der Waals surface area contributed by atoms with E-state index in [1.807, 2.05) is 0 Å². The van der Waals surface area contributed by atoms with Gasteiger partial charge in [-0.05, 0) is 70.8 Å². The van der Waals surface area contributed by atoms with Crippen LogP contribution < -0.4 is 4.90 Å². The third kappa shape index (κ3) is 4.02. The van der Waals surface area contributed by atoms with Crippen LogP contribution in [0.2, 0.25) is 0 Å². The van der Waals surface area contributed by atoms with E-state index < -0.39 is 0 Å². The Labute approximate surface area is 164 Å². The van der Waals surface area contributed by atoms with Gasteiger partial charge in [0.15, 0.2) is 0 Å². The molecule has 0 amide bonds. The molecule has 0 N–H and O–H groups in total. The minimum absolute atomic E-state index is 1.16. The molecule has 0 atom stereocenters. The van der Waals surface area contributed by atoms with Crippen molar-refractivity contribution in [2.75, 3.05) is 4.90 Å². The Morgan fingerprint density at radius 3 is 2.04 bits per heavy atom. The van der Waals surface area contributed by atoms with E-state index in [4.69, 9.17) is 0 Å². The molecule has 132 valence electrons. The average Bonchev–Trinajstić information content (AvgIpc) is 3.24. The lowest BCUT2D eigenvalue weighted by Crippen LogP contribution is -2.11. The van der Waals surface area contributed by atoms with Gasteiger partial charge in [0.05, 0.1) is 0 Å². The van der Waals surface area contributed by atoms with E-state index in [1.54, 1.807) is 11.3 Å². The largest absolute Gasteiger partial charge is 0.310 e. The summed E-state index contributed by atoms with van der Waals surface area (Å²) >= 11 is 1.72. The number of rotatable bonds is 5. The molecule has 0 saturated heterocycles. The van der Waals surface area contributed by atoms with Gasteiger partial charge in [0.1, 0.15) is 0 Å². The van der Waals surface area contributed by atoms with Gasteiger partial charge < -0.3 is 4.90 Å². The van der Waals surface area contributed by atoms with Crippen molar-refractivity contribution in [3.8, 4) is 0 Å². The number of anilines is 3. The fourth-order valence-corrected chi connectivity index (χ4v) is 3.74. The molecule has 4 aromatic rings. The summed E-state index contributed by atoms with van der Waals surface area (Å²) in [5.74, 6) is 0. The maximum atomic E-state index is 2.31.